The zero-order valence-electron chi connectivity index (χ0n) is 6.98. The molecule has 0 atom stereocenters. The van der Waals surface area contributed by atoms with Gasteiger partial charge in [-0.15, -0.1) is 0 Å². The van der Waals surface area contributed by atoms with Gasteiger partial charge in [-0.05, 0) is 5.56 Å². The summed E-state index contributed by atoms with van der Waals surface area (Å²) in [5.41, 5.74) is -0.452. The molecule has 2 rings (SSSR count). The number of hydrogen-bond donors (Lipinski definition) is 0. The Morgan fingerprint density at radius 2 is 1.43 bits per heavy atom. The lowest BCUT2D eigenvalue weighted by Gasteiger charge is -2.35. The van der Waals surface area contributed by atoms with Crippen LogP contribution in [0.3, 0.4) is 0 Å². The van der Waals surface area contributed by atoms with E-state index in [1.165, 1.54) is 24.3 Å². The van der Waals surface area contributed by atoms with Gasteiger partial charge in [0.15, 0.2) is 0 Å². The van der Waals surface area contributed by atoms with Crippen LogP contribution in [0.15, 0.2) is 36.4 Å². The summed E-state index contributed by atoms with van der Waals surface area (Å²) in [6.07, 6.45) is 0.308. The van der Waals surface area contributed by atoms with Gasteiger partial charge in [-0.3, -0.25) is 0 Å². The van der Waals surface area contributed by atoms with E-state index >= 15 is 0 Å². The summed E-state index contributed by atoms with van der Waals surface area (Å²) in [6.45, 7) is 0. The van der Waals surface area contributed by atoms with Crippen LogP contribution in [0.25, 0.3) is 5.57 Å². The summed E-state index contributed by atoms with van der Waals surface area (Å²) in [4.78, 5) is 0. The summed E-state index contributed by atoms with van der Waals surface area (Å²) in [5.74, 6) is -8.04. The van der Waals surface area contributed by atoms with Gasteiger partial charge in [0.2, 0.25) is 0 Å². The fourth-order valence-electron chi connectivity index (χ4n) is 1.35. The molecule has 0 N–H and O–H groups in total. The third kappa shape index (κ3) is 1.06. The Labute approximate surface area is 77.9 Å². The van der Waals surface area contributed by atoms with Gasteiger partial charge in [-0.2, -0.15) is 17.6 Å². The van der Waals surface area contributed by atoms with Crippen LogP contribution in [0, 0.1) is 0 Å². The van der Waals surface area contributed by atoms with E-state index in [1.807, 2.05) is 0 Å². The zero-order chi connectivity index (χ0) is 10.4. The highest BCUT2D eigenvalue weighted by molar-refractivity contribution is 5.79. The maximum Gasteiger partial charge on any atom is 0.339 e. The largest absolute Gasteiger partial charge is 0.339 e. The fraction of sp³-hybridized carbons (Fsp3) is 0.200. The monoisotopic (exact) mass is 202 g/mol. The standard InChI is InChI=1S/C10H6F4/c11-9(12)6-8(10(9,13)14)7-4-2-1-3-5-7/h1-6H. The molecule has 0 heterocycles. The third-order valence-electron chi connectivity index (χ3n) is 2.17. The minimum absolute atomic E-state index is 0.142. The van der Waals surface area contributed by atoms with Gasteiger partial charge in [0.1, 0.15) is 0 Å². The van der Waals surface area contributed by atoms with Crippen molar-refractivity contribution >= 4 is 5.57 Å². The molecule has 0 amide bonds. The number of benzene rings is 1. The molecule has 1 aromatic carbocycles. The van der Waals surface area contributed by atoms with E-state index in [0.29, 0.717) is 6.08 Å². The fourth-order valence-corrected chi connectivity index (χ4v) is 1.35. The molecule has 0 saturated carbocycles. The summed E-state index contributed by atoms with van der Waals surface area (Å²) < 4.78 is 50.5. The molecule has 0 unspecified atom stereocenters. The van der Waals surface area contributed by atoms with E-state index in [-0.39, 0.29) is 5.56 Å². The molecule has 0 aromatic heterocycles. The van der Waals surface area contributed by atoms with Gasteiger partial charge < -0.3 is 0 Å². The van der Waals surface area contributed by atoms with Crippen molar-refractivity contribution in [1.29, 1.82) is 0 Å². The average Bonchev–Trinajstić information content (AvgIpc) is 2.16. The maximum absolute atomic E-state index is 12.8. The quantitative estimate of drug-likeness (QED) is 0.612. The zero-order valence-corrected chi connectivity index (χ0v) is 6.98. The van der Waals surface area contributed by atoms with E-state index in [9.17, 15) is 17.6 Å². The Kier molecular flexibility index (Phi) is 1.71. The highest BCUT2D eigenvalue weighted by Gasteiger charge is 2.65. The summed E-state index contributed by atoms with van der Waals surface area (Å²) in [7, 11) is 0. The number of allylic oxidation sites excluding steroid dienone is 2. The molecule has 0 spiro atoms. The van der Waals surface area contributed by atoms with Gasteiger partial charge in [0.25, 0.3) is 0 Å². The van der Waals surface area contributed by atoms with Gasteiger partial charge in [0.05, 0.1) is 0 Å². The van der Waals surface area contributed by atoms with Crippen LogP contribution in [-0.4, -0.2) is 11.8 Å². The van der Waals surface area contributed by atoms with Crippen molar-refractivity contribution in [2.24, 2.45) is 0 Å². The Hall–Kier alpha value is -1.32. The van der Waals surface area contributed by atoms with Crippen molar-refractivity contribution in [1.82, 2.24) is 0 Å². The molecule has 0 nitrogen and oxygen atoms in total. The van der Waals surface area contributed by atoms with Crippen molar-refractivity contribution in [3.8, 4) is 0 Å². The van der Waals surface area contributed by atoms with Gasteiger partial charge in [0, 0.05) is 11.6 Å². The first-order chi connectivity index (χ1) is 6.45. The minimum Gasteiger partial charge on any atom is -0.195 e. The number of rotatable bonds is 1. The second kappa shape index (κ2) is 2.59. The molecule has 0 fully saturated rings. The molecule has 0 radical (unpaired) electrons. The van der Waals surface area contributed by atoms with Crippen LogP contribution in [0.2, 0.25) is 0 Å². The van der Waals surface area contributed by atoms with E-state index < -0.39 is 17.4 Å². The first-order valence-corrected chi connectivity index (χ1v) is 3.99. The average molecular weight is 202 g/mol. The second-order valence-corrected chi connectivity index (χ2v) is 3.12. The molecule has 74 valence electrons. The van der Waals surface area contributed by atoms with E-state index in [2.05, 4.69) is 0 Å². The van der Waals surface area contributed by atoms with Crippen LogP contribution in [0.4, 0.5) is 17.6 Å². The molecule has 0 aliphatic heterocycles. The Morgan fingerprint density at radius 3 is 1.86 bits per heavy atom. The highest BCUT2D eigenvalue weighted by atomic mass is 19.3. The van der Waals surface area contributed by atoms with Crippen LogP contribution < -0.4 is 0 Å². The Morgan fingerprint density at radius 1 is 0.857 bits per heavy atom. The molecule has 1 aliphatic rings. The van der Waals surface area contributed by atoms with E-state index in [4.69, 9.17) is 0 Å². The summed E-state index contributed by atoms with van der Waals surface area (Å²) >= 11 is 0. The van der Waals surface area contributed by atoms with Crippen molar-refractivity contribution in [3.05, 3.63) is 42.0 Å². The van der Waals surface area contributed by atoms with Crippen LogP contribution in [-0.2, 0) is 0 Å². The van der Waals surface area contributed by atoms with Crippen LogP contribution in [0.1, 0.15) is 5.56 Å². The van der Waals surface area contributed by atoms with Crippen LogP contribution >= 0.6 is 0 Å². The van der Waals surface area contributed by atoms with E-state index in [0.717, 1.165) is 0 Å². The van der Waals surface area contributed by atoms with Gasteiger partial charge in [-0.1, -0.05) is 30.3 Å². The molecule has 14 heavy (non-hydrogen) atoms. The molecule has 1 aliphatic carbocycles. The van der Waals surface area contributed by atoms with Crippen molar-refractivity contribution in [2.45, 2.75) is 11.8 Å². The van der Waals surface area contributed by atoms with Crippen LogP contribution in [0.5, 0.6) is 0 Å². The summed E-state index contributed by atoms with van der Waals surface area (Å²) in [5, 5.41) is 0. The molecule has 0 saturated heterocycles. The normalized spacial score (nSPS) is 22.4. The predicted octanol–water partition coefficient (Wildman–Crippen LogP) is 3.35. The second-order valence-electron chi connectivity index (χ2n) is 3.12. The smallest absolute Gasteiger partial charge is 0.195 e. The molecular formula is C10H6F4. The summed E-state index contributed by atoms with van der Waals surface area (Å²) in [6, 6.07) is 7.47. The SMILES string of the molecule is FC1(F)C=C(c2ccccc2)C1(F)F. The Balaban J connectivity index is 2.42. The van der Waals surface area contributed by atoms with Crippen molar-refractivity contribution in [2.75, 3.05) is 0 Å². The van der Waals surface area contributed by atoms with Crippen molar-refractivity contribution < 1.29 is 17.6 Å². The molecule has 4 heteroatoms. The van der Waals surface area contributed by atoms with Gasteiger partial charge >= 0.3 is 11.8 Å². The molecular weight excluding hydrogens is 196 g/mol. The molecule has 0 bridgehead atoms. The Bertz CT molecular complexity index is 378. The van der Waals surface area contributed by atoms with E-state index in [1.54, 1.807) is 6.07 Å². The lowest BCUT2D eigenvalue weighted by Crippen LogP contribution is -2.48. The highest BCUT2D eigenvalue weighted by Crippen LogP contribution is 2.54. The lowest BCUT2D eigenvalue weighted by molar-refractivity contribution is -0.159. The lowest BCUT2D eigenvalue weighted by atomic mass is 9.84. The minimum atomic E-state index is -4.03. The third-order valence-corrected chi connectivity index (χ3v) is 2.17. The van der Waals surface area contributed by atoms with Gasteiger partial charge in [-0.25, -0.2) is 0 Å². The topological polar surface area (TPSA) is 0 Å². The predicted molar refractivity (Wildman–Crippen MR) is 44.3 cm³/mol. The first-order valence-electron chi connectivity index (χ1n) is 3.99. The molecule has 1 aromatic rings. The number of alkyl halides is 4. The first kappa shape index (κ1) is 9.24. The number of halogens is 4. The number of hydrogen-bond acceptors (Lipinski definition) is 0. The maximum atomic E-state index is 12.8. The van der Waals surface area contributed by atoms with Crippen molar-refractivity contribution in [3.63, 3.8) is 0 Å².